The van der Waals surface area contributed by atoms with E-state index in [2.05, 4.69) is 93.7 Å². The fourth-order valence-corrected chi connectivity index (χ4v) is 8.15. The largest absolute Gasteiger partial charge is 0.462 e. The predicted molar refractivity (Wildman–Crippen MR) is 293 cm³/mol. The second-order valence-electron chi connectivity index (χ2n) is 19.2. The van der Waals surface area contributed by atoms with Crippen LogP contribution in [0, 0.1) is 0 Å². The third kappa shape index (κ3) is 53.8. The topological polar surface area (TPSA) is 78.9 Å². The summed E-state index contributed by atoms with van der Waals surface area (Å²) in [6, 6.07) is 0. The van der Waals surface area contributed by atoms with Crippen molar-refractivity contribution in [1.29, 1.82) is 0 Å². The molecule has 392 valence electrons. The number of allylic oxidation sites excluding steroid dienone is 12. The number of rotatable bonds is 52. The first-order valence-electron chi connectivity index (χ1n) is 28.9. The summed E-state index contributed by atoms with van der Waals surface area (Å²) >= 11 is 0. The highest BCUT2D eigenvalue weighted by molar-refractivity contribution is 5.71. The summed E-state index contributed by atoms with van der Waals surface area (Å²) in [5.41, 5.74) is 0. The van der Waals surface area contributed by atoms with E-state index in [0.717, 1.165) is 96.3 Å². The average Bonchev–Trinajstić information content (AvgIpc) is 3.34. The maximum Gasteiger partial charge on any atom is 0.306 e. The molecule has 0 aliphatic rings. The third-order valence-electron chi connectivity index (χ3n) is 12.5. The molecule has 0 aliphatic heterocycles. The molecule has 0 saturated carbocycles. The van der Waals surface area contributed by atoms with Gasteiger partial charge in [0.25, 0.3) is 0 Å². The molecule has 0 aromatic rings. The lowest BCUT2D eigenvalue weighted by Gasteiger charge is -2.18. The van der Waals surface area contributed by atoms with Crippen molar-refractivity contribution in [2.75, 3.05) is 13.2 Å². The van der Waals surface area contributed by atoms with Crippen LogP contribution in [0.2, 0.25) is 0 Å². The highest BCUT2D eigenvalue weighted by Crippen LogP contribution is 2.16. The van der Waals surface area contributed by atoms with E-state index in [1.807, 2.05) is 0 Å². The van der Waals surface area contributed by atoms with Crippen LogP contribution < -0.4 is 0 Å². The maximum absolute atomic E-state index is 12.8. The van der Waals surface area contributed by atoms with Gasteiger partial charge in [-0.2, -0.15) is 0 Å². The normalized spacial score (nSPS) is 12.6. The molecule has 0 bridgehead atoms. The van der Waals surface area contributed by atoms with Crippen LogP contribution in [0.25, 0.3) is 0 Å². The zero-order valence-electron chi connectivity index (χ0n) is 44.9. The molecule has 0 radical (unpaired) electrons. The molecule has 0 amide bonds. The summed E-state index contributed by atoms with van der Waals surface area (Å²) in [4.78, 5) is 38.0. The molecular weight excluding hydrogens is 841 g/mol. The van der Waals surface area contributed by atoms with Crippen molar-refractivity contribution in [3.8, 4) is 0 Å². The molecule has 6 nitrogen and oxygen atoms in total. The van der Waals surface area contributed by atoms with Crippen LogP contribution in [0.15, 0.2) is 72.9 Å². The summed E-state index contributed by atoms with van der Waals surface area (Å²) in [5, 5.41) is 0. The number of carbonyl (C=O) groups is 3. The molecule has 0 aromatic heterocycles. The molecule has 1 unspecified atom stereocenters. The SMILES string of the molecule is CC/C=C\C/C=C\C/C=C\C/C=C\C/C=C\C/C=C\CCCCC(=O)OCC(COC(=O)CCCCCCCCCC)OC(=O)CCCCCCCCCCCCCCCCCCCCCCC. The first-order valence-corrected chi connectivity index (χ1v) is 28.9. The van der Waals surface area contributed by atoms with Crippen LogP contribution in [0.3, 0.4) is 0 Å². The zero-order valence-corrected chi connectivity index (χ0v) is 44.9. The zero-order chi connectivity index (χ0) is 49.3. The van der Waals surface area contributed by atoms with Gasteiger partial charge in [-0.15, -0.1) is 0 Å². The summed E-state index contributed by atoms with van der Waals surface area (Å²) in [5.74, 6) is -0.926. The number of hydrogen-bond donors (Lipinski definition) is 0. The number of carbonyl (C=O) groups excluding carboxylic acids is 3. The van der Waals surface area contributed by atoms with Gasteiger partial charge in [0.05, 0.1) is 0 Å². The summed E-state index contributed by atoms with van der Waals surface area (Å²) in [6.07, 6.45) is 72.0. The molecular formula is C62H108O6. The van der Waals surface area contributed by atoms with Gasteiger partial charge in [-0.05, 0) is 70.6 Å². The van der Waals surface area contributed by atoms with Gasteiger partial charge in [-0.3, -0.25) is 14.4 Å². The molecule has 0 spiro atoms. The van der Waals surface area contributed by atoms with Crippen LogP contribution in [0.5, 0.6) is 0 Å². The first-order chi connectivity index (χ1) is 33.5. The Morgan fingerprint density at radius 3 is 0.897 bits per heavy atom. The lowest BCUT2D eigenvalue weighted by molar-refractivity contribution is -0.167. The lowest BCUT2D eigenvalue weighted by atomic mass is 10.0. The van der Waals surface area contributed by atoms with E-state index < -0.39 is 6.10 Å². The molecule has 0 aromatic carbocycles. The number of ether oxygens (including phenoxy) is 3. The van der Waals surface area contributed by atoms with Crippen molar-refractivity contribution in [2.24, 2.45) is 0 Å². The maximum atomic E-state index is 12.8. The van der Waals surface area contributed by atoms with Gasteiger partial charge in [-0.25, -0.2) is 0 Å². The summed E-state index contributed by atoms with van der Waals surface area (Å²) < 4.78 is 16.8. The Morgan fingerprint density at radius 2 is 0.574 bits per heavy atom. The van der Waals surface area contributed by atoms with E-state index in [1.165, 1.54) is 148 Å². The summed E-state index contributed by atoms with van der Waals surface area (Å²) in [6.45, 7) is 6.49. The molecule has 1 atom stereocenters. The summed E-state index contributed by atoms with van der Waals surface area (Å²) in [7, 11) is 0. The van der Waals surface area contributed by atoms with E-state index in [1.54, 1.807) is 0 Å². The van der Waals surface area contributed by atoms with Crippen molar-refractivity contribution < 1.29 is 28.6 Å². The second-order valence-corrected chi connectivity index (χ2v) is 19.2. The first kappa shape index (κ1) is 64.8. The Bertz CT molecular complexity index is 1270. The van der Waals surface area contributed by atoms with Crippen molar-refractivity contribution in [2.45, 2.75) is 290 Å². The van der Waals surface area contributed by atoms with Crippen molar-refractivity contribution >= 4 is 17.9 Å². The Labute approximate surface area is 421 Å². The molecule has 0 aliphatic carbocycles. The van der Waals surface area contributed by atoms with Gasteiger partial charge in [0.15, 0.2) is 6.10 Å². The smallest absolute Gasteiger partial charge is 0.306 e. The standard InChI is InChI=1S/C62H108O6/c1-4-7-10-13-16-19-21-23-25-27-29-31-33-35-37-39-41-43-46-49-52-55-61(64)67-58-59(57-66-60(63)54-51-48-45-18-15-12-9-6-3)68-62(65)56-53-50-47-44-42-40-38-36-34-32-30-28-26-24-22-20-17-14-11-8-5-2/h7,10,16,19,23,25,29,31,35,37,41,43,59H,4-6,8-9,11-15,17-18,20-22,24,26-28,30,32-34,36,38-40,42,44-58H2,1-3H3/b10-7-,19-16-,25-23-,31-29-,37-35-,43-41-. The quantitative estimate of drug-likeness (QED) is 0.0262. The van der Waals surface area contributed by atoms with Gasteiger partial charge in [0.1, 0.15) is 13.2 Å². The van der Waals surface area contributed by atoms with Crippen LogP contribution in [-0.2, 0) is 28.6 Å². The molecule has 0 saturated heterocycles. The monoisotopic (exact) mass is 949 g/mol. The number of unbranched alkanes of at least 4 members (excludes halogenated alkanes) is 29. The third-order valence-corrected chi connectivity index (χ3v) is 12.5. The van der Waals surface area contributed by atoms with Crippen LogP contribution >= 0.6 is 0 Å². The Kier molecular flexibility index (Phi) is 53.8. The number of esters is 3. The van der Waals surface area contributed by atoms with Gasteiger partial charge >= 0.3 is 17.9 Å². The van der Waals surface area contributed by atoms with Crippen LogP contribution in [-0.4, -0.2) is 37.2 Å². The molecule has 68 heavy (non-hydrogen) atoms. The van der Waals surface area contributed by atoms with Gasteiger partial charge < -0.3 is 14.2 Å². The van der Waals surface area contributed by atoms with E-state index in [-0.39, 0.29) is 31.1 Å². The minimum absolute atomic E-state index is 0.0864. The number of hydrogen-bond acceptors (Lipinski definition) is 6. The van der Waals surface area contributed by atoms with Gasteiger partial charge in [0.2, 0.25) is 0 Å². The molecule has 0 rings (SSSR count). The fraction of sp³-hybridized carbons (Fsp3) is 0.758. The molecule has 0 heterocycles. The Hall–Kier alpha value is -3.15. The van der Waals surface area contributed by atoms with Crippen LogP contribution in [0.1, 0.15) is 284 Å². The van der Waals surface area contributed by atoms with E-state index >= 15 is 0 Å². The molecule has 0 N–H and O–H groups in total. The van der Waals surface area contributed by atoms with E-state index in [0.29, 0.717) is 19.3 Å². The predicted octanol–water partition coefficient (Wildman–Crippen LogP) is 19.4. The van der Waals surface area contributed by atoms with E-state index in [9.17, 15) is 14.4 Å². The van der Waals surface area contributed by atoms with Crippen molar-refractivity contribution in [3.05, 3.63) is 72.9 Å². The Balaban J connectivity index is 4.29. The van der Waals surface area contributed by atoms with Gasteiger partial charge in [0, 0.05) is 19.3 Å². The minimum Gasteiger partial charge on any atom is -0.462 e. The fourth-order valence-electron chi connectivity index (χ4n) is 8.15. The van der Waals surface area contributed by atoms with E-state index in [4.69, 9.17) is 14.2 Å². The van der Waals surface area contributed by atoms with Crippen molar-refractivity contribution in [3.63, 3.8) is 0 Å². The highest BCUT2D eigenvalue weighted by Gasteiger charge is 2.19. The highest BCUT2D eigenvalue weighted by atomic mass is 16.6. The average molecular weight is 950 g/mol. The Morgan fingerprint density at radius 1 is 0.309 bits per heavy atom. The van der Waals surface area contributed by atoms with Gasteiger partial charge in [-0.1, -0.05) is 267 Å². The molecule has 0 fully saturated rings. The lowest BCUT2D eigenvalue weighted by Crippen LogP contribution is -2.30. The molecule has 6 heteroatoms. The van der Waals surface area contributed by atoms with Crippen molar-refractivity contribution in [1.82, 2.24) is 0 Å². The minimum atomic E-state index is -0.789. The second kappa shape index (κ2) is 56.4. The van der Waals surface area contributed by atoms with Crippen LogP contribution in [0.4, 0.5) is 0 Å².